The number of nitrogens with two attached hydrogens (primary N) is 1. The number of amides is 1. The Hall–Kier alpha value is -1.61. The average Bonchev–Trinajstić information content (AvgIpc) is 3.09. The number of thiophene rings is 1. The molecule has 2 aromatic rings. The second-order valence-corrected chi connectivity index (χ2v) is 5.98. The van der Waals surface area contributed by atoms with Crippen molar-refractivity contribution in [2.45, 2.75) is 19.8 Å². The summed E-state index contributed by atoms with van der Waals surface area (Å²) in [7, 11) is 0. The van der Waals surface area contributed by atoms with Gasteiger partial charge in [0.2, 0.25) is 0 Å². The number of hydrogen-bond acceptors (Lipinski definition) is 3. The van der Waals surface area contributed by atoms with Crippen LogP contribution in [0.1, 0.15) is 28.6 Å². The lowest BCUT2D eigenvalue weighted by molar-refractivity contribution is 0.0957. The van der Waals surface area contributed by atoms with Crippen LogP contribution < -0.4 is 16.4 Å². The first-order valence-corrected chi connectivity index (χ1v) is 8.54. The third kappa shape index (κ3) is 6.88. The maximum Gasteiger partial charge on any atom is 0.261 e. The van der Waals surface area contributed by atoms with Gasteiger partial charge in [0.25, 0.3) is 5.91 Å². The van der Waals surface area contributed by atoms with Crippen molar-refractivity contribution in [3.05, 3.63) is 52.2 Å². The van der Waals surface area contributed by atoms with Gasteiger partial charge in [-0.15, -0.1) is 35.3 Å². The van der Waals surface area contributed by atoms with E-state index in [1.807, 2.05) is 29.6 Å². The molecule has 4 N–H and O–H groups in total. The fraction of sp³-hybridized carbons (Fsp3) is 0.294. The average molecular weight is 458 g/mol. The maximum absolute atomic E-state index is 11.7. The smallest absolute Gasteiger partial charge is 0.261 e. The van der Waals surface area contributed by atoms with Gasteiger partial charge in [0.1, 0.15) is 0 Å². The number of anilines is 1. The van der Waals surface area contributed by atoms with Crippen LogP contribution >= 0.6 is 35.3 Å². The number of nitrogens with zero attached hydrogens (tertiary/aromatic N) is 1. The van der Waals surface area contributed by atoms with Crippen LogP contribution in [0.4, 0.5) is 5.69 Å². The highest BCUT2D eigenvalue weighted by atomic mass is 127. The molecule has 1 aromatic heterocycles. The minimum absolute atomic E-state index is 0. The molecule has 2 rings (SSSR count). The number of aliphatic imine (C=N–C) groups is 1. The van der Waals surface area contributed by atoms with Crippen molar-refractivity contribution in [3.8, 4) is 0 Å². The second kappa shape index (κ2) is 11.0. The summed E-state index contributed by atoms with van der Waals surface area (Å²) in [4.78, 5) is 16.7. The Balaban J connectivity index is 0.00000288. The summed E-state index contributed by atoms with van der Waals surface area (Å²) in [6.45, 7) is 3.26. The molecule has 0 aliphatic heterocycles. The molecular weight excluding hydrogens is 435 g/mol. The molecule has 1 amide bonds. The van der Waals surface area contributed by atoms with Crippen molar-refractivity contribution < 1.29 is 4.79 Å². The Kier molecular flexibility index (Phi) is 9.39. The molecule has 0 aliphatic rings. The number of carbonyl (C=O) groups is 1. The van der Waals surface area contributed by atoms with E-state index in [0.717, 1.165) is 23.4 Å². The number of hydrogen-bond donors (Lipinski definition) is 3. The molecule has 7 heteroatoms. The van der Waals surface area contributed by atoms with E-state index in [9.17, 15) is 4.79 Å². The molecule has 0 spiro atoms. The molecule has 0 aliphatic carbocycles. The molecule has 1 aromatic carbocycles. The molecule has 0 bridgehead atoms. The van der Waals surface area contributed by atoms with Gasteiger partial charge in [-0.25, -0.2) is 0 Å². The molecule has 1 heterocycles. The Morgan fingerprint density at radius 3 is 2.83 bits per heavy atom. The van der Waals surface area contributed by atoms with Gasteiger partial charge in [-0.05, 0) is 42.0 Å². The molecule has 0 radical (unpaired) electrons. The van der Waals surface area contributed by atoms with Crippen LogP contribution in [-0.2, 0) is 6.42 Å². The molecule has 130 valence electrons. The highest BCUT2D eigenvalue weighted by Gasteiger charge is 2.04. The van der Waals surface area contributed by atoms with Crippen LogP contribution in [0.3, 0.4) is 0 Å². The Morgan fingerprint density at radius 1 is 1.29 bits per heavy atom. The third-order valence-electron chi connectivity index (χ3n) is 3.26. The molecule has 5 nitrogen and oxygen atoms in total. The number of guanidine groups is 1. The summed E-state index contributed by atoms with van der Waals surface area (Å²) in [5.41, 5.74) is 8.06. The van der Waals surface area contributed by atoms with E-state index in [1.54, 1.807) is 0 Å². The first kappa shape index (κ1) is 20.4. The topological polar surface area (TPSA) is 79.5 Å². The van der Waals surface area contributed by atoms with Gasteiger partial charge in [-0.2, -0.15) is 0 Å². The highest BCUT2D eigenvalue weighted by Crippen LogP contribution is 2.10. The van der Waals surface area contributed by atoms with Gasteiger partial charge in [-0.1, -0.05) is 25.1 Å². The SMILES string of the molecule is CCc1cccc(NC(N)=NCCCNC(=O)c2cccs2)c1.I. The molecule has 0 unspecified atom stereocenters. The van der Waals surface area contributed by atoms with Gasteiger partial charge < -0.3 is 16.4 Å². The van der Waals surface area contributed by atoms with Crippen LogP contribution in [-0.4, -0.2) is 25.0 Å². The lowest BCUT2D eigenvalue weighted by Crippen LogP contribution is -2.25. The molecule has 0 saturated heterocycles. The minimum atomic E-state index is -0.0357. The Labute approximate surface area is 163 Å². The minimum Gasteiger partial charge on any atom is -0.370 e. The lowest BCUT2D eigenvalue weighted by Gasteiger charge is -2.07. The number of carbonyl (C=O) groups excluding carboxylic acids is 1. The van der Waals surface area contributed by atoms with E-state index in [1.165, 1.54) is 16.9 Å². The zero-order valence-electron chi connectivity index (χ0n) is 13.6. The summed E-state index contributed by atoms with van der Waals surface area (Å²) in [6.07, 6.45) is 1.73. The van der Waals surface area contributed by atoms with E-state index in [4.69, 9.17) is 5.73 Å². The number of nitrogens with one attached hydrogen (secondary N) is 2. The molecule has 0 fully saturated rings. The van der Waals surface area contributed by atoms with E-state index in [-0.39, 0.29) is 29.9 Å². The molecule has 0 atom stereocenters. The first-order chi connectivity index (χ1) is 11.2. The summed E-state index contributed by atoms with van der Waals surface area (Å²) >= 11 is 1.43. The van der Waals surface area contributed by atoms with Crippen molar-refractivity contribution >= 4 is 52.9 Å². The van der Waals surface area contributed by atoms with Crippen LogP contribution in [0.5, 0.6) is 0 Å². The van der Waals surface area contributed by atoms with Crippen molar-refractivity contribution in [3.63, 3.8) is 0 Å². The highest BCUT2D eigenvalue weighted by molar-refractivity contribution is 14.0. The van der Waals surface area contributed by atoms with Gasteiger partial charge in [-0.3, -0.25) is 9.79 Å². The van der Waals surface area contributed by atoms with Crippen LogP contribution in [0.2, 0.25) is 0 Å². The van der Waals surface area contributed by atoms with Crippen molar-refractivity contribution in [2.75, 3.05) is 18.4 Å². The Morgan fingerprint density at radius 2 is 2.12 bits per heavy atom. The summed E-state index contributed by atoms with van der Waals surface area (Å²) in [5, 5.41) is 7.83. The quantitative estimate of drug-likeness (QED) is 0.257. The van der Waals surface area contributed by atoms with E-state index in [2.05, 4.69) is 34.7 Å². The van der Waals surface area contributed by atoms with E-state index >= 15 is 0 Å². The fourth-order valence-electron chi connectivity index (χ4n) is 2.03. The van der Waals surface area contributed by atoms with Crippen LogP contribution in [0.15, 0.2) is 46.8 Å². The van der Waals surface area contributed by atoms with Gasteiger partial charge in [0.05, 0.1) is 4.88 Å². The lowest BCUT2D eigenvalue weighted by atomic mass is 10.1. The monoisotopic (exact) mass is 458 g/mol. The molecule has 24 heavy (non-hydrogen) atoms. The van der Waals surface area contributed by atoms with Crippen molar-refractivity contribution in [1.82, 2.24) is 5.32 Å². The number of halogens is 1. The van der Waals surface area contributed by atoms with Crippen molar-refractivity contribution in [1.29, 1.82) is 0 Å². The zero-order chi connectivity index (χ0) is 16.5. The van der Waals surface area contributed by atoms with E-state index < -0.39 is 0 Å². The van der Waals surface area contributed by atoms with Crippen LogP contribution in [0.25, 0.3) is 0 Å². The van der Waals surface area contributed by atoms with Gasteiger partial charge >= 0.3 is 0 Å². The number of benzene rings is 1. The third-order valence-corrected chi connectivity index (χ3v) is 4.12. The Bertz CT molecular complexity index is 658. The predicted octanol–water partition coefficient (Wildman–Crippen LogP) is 3.48. The molecule has 0 saturated carbocycles. The van der Waals surface area contributed by atoms with Crippen LogP contribution in [0, 0.1) is 0 Å². The summed E-state index contributed by atoms with van der Waals surface area (Å²) in [6, 6.07) is 11.8. The first-order valence-electron chi connectivity index (χ1n) is 7.66. The normalized spacial score (nSPS) is 10.8. The van der Waals surface area contributed by atoms with Crippen molar-refractivity contribution in [2.24, 2.45) is 10.7 Å². The second-order valence-electron chi connectivity index (χ2n) is 5.03. The fourth-order valence-corrected chi connectivity index (χ4v) is 2.67. The summed E-state index contributed by atoms with van der Waals surface area (Å²) in [5.74, 6) is 0.356. The van der Waals surface area contributed by atoms with Gasteiger partial charge in [0.15, 0.2) is 5.96 Å². The standard InChI is InChI=1S/C17H22N4OS.HI/c1-2-13-6-3-7-14(12-13)21-17(18)20-10-5-9-19-16(22)15-8-4-11-23-15;/h3-4,6-8,11-12H,2,5,9-10H2,1H3,(H,19,22)(H3,18,20,21);1H. The predicted molar refractivity (Wildman–Crippen MR) is 113 cm³/mol. The maximum atomic E-state index is 11.7. The number of rotatable bonds is 7. The molecular formula is C17H23IN4OS. The zero-order valence-corrected chi connectivity index (χ0v) is 16.8. The number of aryl methyl sites for hydroxylation is 1. The summed E-state index contributed by atoms with van der Waals surface area (Å²) < 4.78 is 0. The van der Waals surface area contributed by atoms with E-state index in [0.29, 0.717) is 19.0 Å². The largest absolute Gasteiger partial charge is 0.370 e. The van der Waals surface area contributed by atoms with Gasteiger partial charge in [0, 0.05) is 18.8 Å².